The summed E-state index contributed by atoms with van der Waals surface area (Å²) < 4.78 is -0.697. The van der Waals surface area contributed by atoms with Crippen LogP contribution in [0.3, 0.4) is 0 Å². The zero-order chi connectivity index (χ0) is 13.7. The molecule has 19 heavy (non-hydrogen) atoms. The lowest BCUT2D eigenvalue weighted by Gasteiger charge is -2.20. The van der Waals surface area contributed by atoms with Crippen LogP contribution in [-0.4, -0.2) is 4.33 Å². The minimum Gasteiger partial charge on any atom is -0.100 e. The molecule has 98 valence electrons. The molecule has 1 saturated carbocycles. The highest BCUT2D eigenvalue weighted by Gasteiger charge is 2.68. The summed E-state index contributed by atoms with van der Waals surface area (Å²) in [5.74, 6) is 0. The van der Waals surface area contributed by atoms with Crippen LogP contribution in [0.25, 0.3) is 0 Å². The molecule has 1 fully saturated rings. The van der Waals surface area contributed by atoms with E-state index in [1.165, 1.54) is 22.3 Å². The van der Waals surface area contributed by atoms with Crippen LogP contribution in [0.15, 0.2) is 48.5 Å². The highest BCUT2D eigenvalue weighted by Crippen LogP contribution is 2.68. The molecule has 0 unspecified atom stereocenters. The Hall–Kier alpha value is -0.980. The van der Waals surface area contributed by atoms with Gasteiger partial charge in [-0.3, -0.25) is 0 Å². The van der Waals surface area contributed by atoms with Gasteiger partial charge in [-0.1, -0.05) is 59.7 Å². The van der Waals surface area contributed by atoms with Gasteiger partial charge in [0.25, 0.3) is 0 Å². The Morgan fingerprint density at radius 1 is 0.737 bits per heavy atom. The molecule has 2 heteroatoms. The van der Waals surface area contributed by atoms with E-state index in [1.54, 1.807) is 0 Å². The fraction of sp³-hybridized carbons (Fsp3) is 0.294. The van der Waals surface area contributed by atoms with Crippen molar-refractivity contribution in [2.24, 2.45) is 0 Å². The molecule has 2 aromatic carbocycles. The Morgan fingerprint density at radius 2 is 1.05 bits per heavy atom. The second-order valence-corrected chi connectivity index (χ2v) is 7.00. The van der Waals surface area contributed by atoms with Gasteiger partial charge in [0, 0.05) is 0 Å². The molecular formula is C17H16Cl2. The van der Waals surface area contributed by atoms with Gasteiger partial charge in [-0.25, -0.2) is 0 Å². The number of halogens is 2. The molecule has 0 atom stereocenters. The molecule has 1 aliphatic carbocycles. The molecule has 0 amide bonds. The summed E-state index contributed by atoms with van der Waals surface area (Å²) in [6.07, 6.45) is 0.773. The van der Waals surface area contributed by atoms with Crippen LogP contribution in [0.5, 0.6) is 0 Å². The van der Waals surface area contributed by atoms with E-state index in [0.29, 0.717) is 0 Å². The van der Waals surface area contributed by atoms with Crippen molar-refractivity contribution in [3.05, 3.63) is 70.8 Å². The third kappa shape index (κ3) is 1.98. The molecule has 0 N–H and O–H groups in total. The first-order valence-electron chi connectivity index (χ1n) is 6.48. The van der Waals surface area contributed by atoms with Gasteiger partial charge in [0.15, 0.2) is 0 Å². The van der Waals surface area contributed by atoms with Crippen LogP contribution >= 0.6 is 23.2 Å². The largest absolute Gasteiger partial charge is 0.133 e. The SMILES string of the molecule is Cc1ccc(C2(c3ccc(C)cc3)CC2(Cl)Cl)cc1. The summed E-state index contributed by atoms with van der Waals surface area (Å²) in [6, 6.07) is 17.0. The van der Waals surface area contributed by atoms with Crippen LogP contribution in [0.2, 0.25) is 0 Å². The van der Waals surface area contributed by atoms with Gasteiger partial charge in [-0.05, 0) is 31.4 Å². The smallest absolute Gasteiger partial charge is 0.100 e. The number of rotatable bonds is 2. The maximum atomic E-state index is 6.48. The first-order chi connectivity index (χ1) is 8.96. The number of aryl methyl sites for hydroxylation is 2. The van der Waals surface area contributed by atoms with Crippen molar-refractivity contribution in [3.63, 3.8) is 0 Å². The molecule has 1 aliphatic rings. The minimum atomic E-state index is -0.697. The van der Waals surface area contributed by atoms with Crippen LogP contribution < -0.4 is 0 Å². The Labute approximate surface area is 124 Å². The predicted octanol–water partition coefficient (Wildman–Crippen LogP) is 5.17. The van der Waals surface area contributed by atoms with E-state index in [9.17, 15) is 0 Å². The molecule has 0 aliphatic heterocycles. The molecule has 0 saturated heterocycles. The monoisotopic (exact) mass is 290 g/mol. The topological polar surface area (TPSA) is 0 Å². The third-order valence-electron chi connectivity index (χ3n) is 4.08. The Kier molecular flexibility index (Phi) is 2.92. The molecule has 0 radical (unpaired) electrons. The normalized spacial score (nSPS) is 19.2. The Bertz CT molecular complexity index is 549. The average Bonchev–Trinajstić information content (AvgIpc) is 2.95. The van der Waals surface area contributed by atoms with Crippen molar-refractivity contribution in [2.45, 2.75) is 30.0 Å². The van der Waals surface area contributed by atoms with Gasteiger partial charge in [0.05, 0.1) is 5.41 Å². The van der Waals surface area contributed by atoms with Crippen molar-refractivity contribution in [2.75, 3.05) is 0 Å². The number of alkyl halides is 2. The predicted molar refractivity (Wildman–Crippen MR) is 82.2 cm³/mol. The first kappa shape index (κ1) is 13.0. The number of hydrogen-bond acceptors (Lipinski definition) is 0. The van der Waals surface area contributed by atoms with E-state index in [4.69, 9.17) is 23.2 Å². The molecule has 0 aromatic heterocycles. The molecule has 0 bridgehead atoms. The van der Waals surface area contributed by atoms with Crippen LogP contribution in [0.1, 0.15) is 28.7 Å². The first-order valence-corrected chi connectivity index (χ1v) is 7.23. The van der Waals surface area contributed by atoms with E-state index in [2.05, 4.69) is 62.4 Å². The van der Waals surface area contributed by atoms with E-state index in [-0.39, 0.29) is 5.41 Å². The summed E-state index contributed by atoms with van der Waals surface area (Å²) in [5.41, 5.74) is 4.65. The van der Waals surface area contributed by atoms with Gasteiger partial charge in [-0.2, -0.15) is 0 Å². The van der Waals surface area contributed by atoms with Gasteiger partial charge < -0.3 is 0 Å². The van der Waals surface area contributed by atoms with Gasteiger partial charge in [0.2, 0.25) is 0 Å². The lowest BCUT2D eigenvalue weighted by atomic mass is 9.87. The molecular weight excluding hydrogens is 275 g/mol. The Morgan fingerprint density at radius 3 is 1.32 bits per heavy atom. The Balaban J connectivity index is 2.11. The van der Waals surface area contributed by atoms with Gasteiger partial charge >= 0.3 is 0 Å². The lowest BCUT2D eigenvalue weighted by molar-refractivity contribution is 0.831. The molecule has 3 rings (SSSR count). The second kappa shape index (κ2) is 4.26. The number of benzene rings is 2. The summed E-state index contributed by atoms with van der Waals surface area (Å²) >= 11 is 13.0. The maximum absolute atomic E-state index is 6.48. The second-order valence-electron chi connectivity index (χ2n) is 5.52. The fourth-order valence-electron chi connectivity index (χ4n) is 2.76. The zero-order valence-electron chi connectivity index (χ0n) is 11.1. The van der Waals surface area contributed by atoms with E-state index in [1.807, 2.05) is 0 Å². The zero-order valence-corrected chi connectivity index (χ0v) is 12.6. The highest BCUT2D eigenvalue weighted by atomic mass is 35.5. The van der Waals surface area contributed by atoms with Gasteiger partial charge in [-0.15, -0.1) is 23.2 Å². The summed E-state index contributed by atoms with van der Waals surface area (Å²) in [5, 5.41) is 0. The van der Waals surface area contributed by atoms with Crippen molar-refractivity contribution in [1.82, 2.24) is 0 Å². The van der Waals surface area contributed by atoms with Crippen molar-refractivity contribution < 1.29 is 0 Å². The maximum Gasteiger partial charge on any atom is 0.133 e. The van der Waals surface area contributed by atoms with Gasteiger partial charge in [0.1, 0.15) is 4.33 Å². The lowest BCUT2D eigenvalue weighted by Crippen LogP contribution is -2.16. The van der Waals surface area contributed by atoms with E-state index >= 15 is 0 Å². The standard InChI is InChI=1S/C17H16Cl2/c1-12-3-7-14(8-4-12)16(11-17(16,18)19)15-9-5-13(2)6-10-15/h3-10H,11H2,1-2H3. The number of hydrogen-bond donors (Lipinski definition) is 0. The quantitative estimate of drug-likeness (QED) is 0.670. The van der Waals surface area contributed by atoms with E-state index in [0.717, 1.165) is 6.42 Å². The summed E-state index contributed by atoms with van der Waals surface area (Å²) in [7, 11) is 0. The van der Waals surface area contributed by atoms with E-state index < -0.39 is 4.33 Å². The average molecular weight is 291 g/mol. The molecule has 0 spiro atoms. The minimum absolute atomic E-state index is 0.252. The molecule has 0 nitrogen and oxygen atoms in total. The molecule has 0 heterocycles. The summed E-state index contributed by atoms with van der Waals surface area (Å²) in [4.78, 5) is 0. The third-order valence-corrected chi connectivity index (χ3v) is 4.99. The van der Waals surface area contributed by atoms with Crippen LogP contribution in [0, 0.1) is 13.8 Å². The summed E-state index contributed by atoms with van der Waals surface area (Å²) in [6.45, 7) is 4.17. The van der Waals surface area contributed by atoms with Crippen molar-refractivity contribution in [3.8, 4) is 0 Å². The van der Waals surface area contributed by atoms with Crippen LogP contribution in [-0.2, 0) is 5.41 Å². The highest BCUT2D eigenvalue weighted by molar-refractivity contribution is 6.52. The van der Waals surface area contributed by atoms with Crippen molar-refractivity contribution >= 4 is 23.2 Å². The van der Waals surface area contributed by atoms with Crippen molar-refractivity contribution in [1.29, 1.82) is 0 Å². The fourth-order valence-corrected chi connectivity index (χ4v) is 3.60. The molecule has 2 aromatic rings. The van der Waals surface area contributed by atoms with Crippen LogP contribution in [0.4, 0.5) is 0 Å².